The molecule has 1 saturated heterocycles. The van der Waals surface area contributed by atoms with Crippen LogP contribution in [0.5, 0.6) is 0 Å². The third-order valence-corrected chi connectivity index (χ3v) is 4.18. The third kappa shape index (κ3) is 2.84. The number of nitrogens with one attached hydrogen (secondary N) is 2. The molecule has 0 aliphatic carbocycles. The molecule has 1 aliphatic rings. The fourth-order valence-corrected chi connectivity index (χ4v) is 2.96. The minimum absolute atomic E-state index is 0.0380. The van der Waals surface area contributed by atoms with Crippen LogP contribution >= 0.6 is 11.3 Å². The zero-order valence-corrected chi connectivity index (χ0v) is 11.1. The number of aromatic nitrogens is 1. The molecule has 3 atom stereocenters. The second-order valence-electron chi connectivity index (χ2n) is 4.54. The van der Waals surface area contributed by atoms with E-state index in [1.54, 1.807) is 17.5 Å². The van der Waals surface area contributed by atoms with Crippen molar-refractivity contribution in [1.82, 2.24) is 15.6 Å². The maximum absolute atomic E-state index is 12.1. The molecule has 1 aromatic rings. The molecule has 3 unspecified atom stereocenters. The first-order valence-corrected chi connectivity index (χ1v) is 7.03. The predicted molar refractivity (Wildman–Crippen MR) is 68.9 cm³/mol. The lowest BCUT2D eigenvalue weighted by Gasteiger charge is -2.20. The van der Waals surface area contributed by atoms with E-state index >= 15 is 0 Å². The first-order chi connectivity index (χ1) is 8.22. The van der Waals surface area contributed by atoms with Crippen molar-refractivity contribution in [3.05, 3.63) is 16.6 Å². The van der Waals surface area contributed by atoms with E-state index in [-0.39, 0.29) is 18.0 Å². The Kier molecular flexibility index (Phi) is 4.12. The van der Waals surface area contributed by atoms with Gasteiger partial charge in [-0.1, -0.05) is 13.8 Å². The van der Waals surface area contributed by atoms with Gasteiger partial charge in [0.15, 0.2) is 0 Å². The van der Waals surface area contributed by atoms with E-state index in [1.807, 2.05) is 5.38 Å². The molecular weight excluding hydrogens is 234 g/mol. The fraction of sp³-hybridized carbons (Fsp3) is 0.667. The molecule has 0 spiro atoms. The number of carbonyl (C=O) groups excluding carboxylic acids is 1. The molecule has 0 radical (unpaired) electrons. The standard InChI is InChI=1S/C12H19N3OS/c1-3-9(12-14-6-7-17-12)15-11(16)10-8(2)4-5-13-10/h6-10,13H,3-5H2,1-2H3,(H,15,16). The maximum Gasteiger partial charge on any atom is 0.237 e. The summed E-state index contributed by atoms with van der Waals surface area (Å²) in [6.07, 6.45) is 3.73. The molecule has 1 fully saturated rings. The van der Waals surface area contributed by atoms with E-state index in [4.69, 9.17) is 0 Å². The minimum Gasteiger partial charge on any atom is -0.346 e. The topological polar surface area (TPSA) is 54.0 Å². The van der Waals surface area contributed by atoms with Crippen LogP contribution in [0.3, 0.4) is 0 Å². The van der Waals surface area contributed by atoms with Crippen molar-refractivity contribution in [3.8, 4) is 0 Å². The zero-order valence-electron chi connectivity index (χ0n) is 10.3. The molecule has 0 saturated carbocycles. The van der Waals surface area contributed by atoms with E-state index in [1.165, 1.54) is 0 Å². The van der Waals surface area contributed by atoms with Crippen molar-refractivity contribution >= 4 is 17.2 Å². The van der Waals surface area contributed by atoms with Crippen molar-refractivity contribution in [2.45, 2.75) is 38.8 Å². The van der Waals surface area contributed by atoms with E-state index in [0.717, 1.165) is 24.4 Å². The Bertz CT molecular complexity index is 366. The molecule has 5 heteroatoms. The van der Waals surface area contributed by atoms with Gasteiger partial charge in [-0.3, -0.25) is 4.79 Å². The molecule has 17 heavy (non-hydrogen) atoms. The average Bonchev–Trinajstić information content (AvgIpc) is 2.96. The van der Waals surface area contributed by atoms with Gasteiger partial charge in [0.2, 0.25) is 5.91 Å². The number of thiazole rings is 1. The zero-order chi connectivity index (χ0) is 12.3. The SMILES string of the molecule is CCC(NC(=O)C1NCCC1C)c1nccs1. The largest absolute Gasteiger partial charge is 0.346 e. The number of carbonyl (C=O) groups is 1. The van der Waals surface area contributed by atoms with Crippen LogP contribution in [0.15, 0.2) is 11.6 Å². The van der Waals surface area contributed by atoms with Gasteiger partial charge in [-0.15, -0.1) is 11.3 Å². The average molecular weight is 253 g/mol. The minimum atomic E-state index is -0.0380. The monoisotopic (exact) mass is 253 g/mol. The Morgan fingerprint density at radius 2 is 2.59 bits per heavy atom. The first-order valence-electron chi connectivity index (χ1n) is 6.15. The number of rotatable bonds is 4. The third-order valence-electron chi connectivity index (χ3n) is 3.29. The summed E-state index contributed by atoms with van der Waals surface area (Å²) in [5.41, 5.74) is 0. The van der Waals surface area contributed by atoms with Gasteiger partial charge in [0.1, 0.15) is 5.01 Å². The Morgan fingerprint density at radius 1 is 1.76 bits per heavy atom. The van der Waals surface area contributed by atoms with Gasteiger partial charge >= 0.3 is 0 Å². The number of nitrogens with zero attached hydrogens (tertiary/aromatic N) is 1. The highest BCUT2D eigenvalue weighted by Crippen LogP contribution is 2.20. The van der Waals surface area contributed by atoms with Gasteiger partial charge in [0, 0.05) is 11.6 Å². The van der Waals surface area contributed by atoms with Crippen molar-refractivity contribution in [1.29, 1.82) is 0 Å². The molecule has 1 aliphatic heterocycles. The van der Waals surface area contributed by atoms with Crippen LogP contribution in [0.25, 0.3) is 0 Å². The Labute approximate surface area is 106 Å². The van der Waals surface area contributed by atoms with E-state index in [2.05, 4.69) is 29.5 Å². The molecule has 2 heterocycles. The second-order valence-corrected chi connectivity index (χ2v) is 5.46. The first kappa shape index (κ1) is 12.5. The molecule has 1 aromatic heterocycles. The smallest absolute Gasteiger partial charge is 0.237 e. The quantitative estimate of drug-likeness (QED) is 0.859. The summed E-state index contributed by atoms with van der Waals surface area (Å²) in [4.78, 5) is 16.4. The predicted octanol–water partition coefficient (Wildman–Crippen LogP) is 1.71. The molecule has 2 N–H and O–H groups in total. The molecule has 1 amide bonds. The summed E-state index contributed by atoms with van der Waals surface area (Å²) in [6.45, 7) is 5.12. The molecule has 2 rings (SSSR count). The Hall–Kier alpha value is -0.940. The molecule has 94 valence electrons. The summed E-state index contributed by atoms with van der Waals surface area (Å²) in [6, 6.07) is 0.0149. The van der Waals surface area contributed by atoms with Gasteiger partial charge in [0.25, 0.3) is 0 Å². The highest BCUT2D eigenvalue weighted by atomic mass is 32.1. The Balaban J connectivity index is 1.97. The van der Waals surface area contributed by atoms with E-state index in [9.17, 15) is 4.79 Å². The van der Waals surface area contributed by atoms with Crippen LogP contribution < -0.4 is 10.6 Å². The lowest BCUT2D eigenvalue weighted by molar-refractivity contribution is -0.124. The normalized spacial score (nSPS) is 25.8. The highest BCUT2D eigenvalue weighted by Gasteiger charge is 2.30. The van der Waals surface area contributed by atoms with Crippen molar-refractivity contribution in [2.24, 2.45) is 5.92 Å². The molecule has 0 bridgehead atoms. The van der Waals surface area contributed by atoms with E-state index in [0.29, 0.717) is 5.92 Å². The van der Waals surface area contributed by atoms with Crippen molar-refractivity contribution in [3.63, 3.8) is 0 Å². The van der Waals surface area contributed by atoms with Gasteiger partial charge in [-0.25, -0.2) is 4.98 Å². The summed E-state index contributed by atoms with van der Waals surface area (Å²) < 4.78 is 0. The van der Waals surface area contributed by atoms with Gasteiger partial charge in [-0.2, -0.15) is 0 Å². The second kappa shape index (κ2) is 5.60. The van der Waals surface area contributed by atoms with Crippen molar-refractivity contribution < 1.29 is 4.79 Å². The summed E-state index contributed by atoms with van der Waals surface area (Å²) in [5.74, 6) is 0.529. The fourth-order valence-electron chi connectivity index (χ4n) is 2.19. The lowest BCUT2D eigenvalue weighted by atomic mass is 10.0. The summed E-state index contributed by atoms with van der Waals surface area (Å²) in [7, 11) is 0. The van der Waals surface area contributed by atoms with E-state index < -0.39 is 0 Å². The Morgan fingerprint density at radius 3 is 3.12 bits per heavy atom. The van der Waals surface area contributed by atoms with Crippen LogP contribution in [-0.2, 0) is 4.79 Å². The molecule has 0 aromatic carbocycles. The van der Waals surface area contributed by atoms with Gasteiger partial charge in [-0.05, 0) is 25.3 Å². The summed E-state index contributed by atoms with van der Waals surface area (Å²) >= 11 is 1.59. The van der Waals surface area contributed by atoms with Gasteiger partial charge in [0.05, 0.1) is 12.1 Å². The highest BCUT2D eigenvalue weighted by molar-refractivity contribution is 7.09. The number of hydrogen-bond donors (Lipinski definition) is 2. The molecule has 4 nitrogen and oxygen atoms in total. The van der Waals surface area contributed by atoms with Crippen LogP contribution in [0.1, 0.15) is 37.7 Å². The van der Waals surface area contributed by atoms with Crippen molar-refractivity contribution in [2.75, 3.05) is 6.54 Å². The van der Waals surface area contributed by atoms with Crippen LogP contribution in [0.2, 0.25) is 0 Å². The van der Waals surface area contributed by atoms with Crippen LogP contribution in [-0.4, -0.2) is 23.5 Å². The lowest BCUT2D eigenvalue weighted by Crippen LogP contribution is -2.44. The van der Waals surface area contributed by atoms with Crippen LogP contribution in [0.4, 0.5) is 0 Å². The van der Waals surface area contributed by atoms with Gasteiger partial charge < -0.3 is 10.6 Å². The number of hydrogen-bond acceptors (Lipinski definition) is 4. The molecular formula is C12H19N3OS. The number of amides is 1. The maximum atomic E-state index is 12.1. The summed E-state index contributed by atoms with van der Waals surface area (Å²) in [5, 5.41) is 9.28. The van der Waals surface area contributed by atoms with Crippen LogP contribution in [0, 0.1) is 5.92 Å².